The summed E-state index contributed by atoms with van der Waals surface area (Å²) in [5, 5.41) is 8.11. The molecule has 0 radical (unpaired) electrons. The van der Waals surface area contributed by atoms with Gasteiger partial charge in [0, 0.05) is 13.1 Å². The Morgan fingerprint density at radius 2 is 2.39 bits per heavy atom. The van der Waals surface area contributed by atoms with Crippen LogP contribution in [0.1, 0.15) is 34.5 Å². The molecule has 4 rings (SSSR count). The van der Waals surface area contributed by atoms with Gasteiger partial charge in [-0.2, -0.15) is 11.8 Å². The molecule has 0 unspecified atom stereocenters. The number of ether oxygens (including phenoxy) is 1. The molecular weight excluding hydrogens is 316 g/mol. The van der Waals surface area contributed by atoms with Gasteiger partial charge in [-0.3, -0.25) is 4.79 Å². The van der Waals surface area contributed by atoms with Gasteiger partial charge in [0.1, 0.15) is 5.76 Å². The number of furan rings is 1. The fraction of sp³-hybridized carbons (Fsp3) is 0.533. The zero-order valence-electron chi connectivity index (χ0n) is 12.8. The topological polar surface area (TPSA) is 73.4 Å². The molecule has 2 atom stereocenters. The van der Waals surface area contributed by atoms with Crippen molar-refractivity contribution in [3.8, 4) is 0 Å². The van der Waals surface area contributed by atoms with Crippen LogP contribution in [0.5, 0.6) is 0 Å². The van der Waals surface area contributed by atoms with Crippen LogP contribution in [-0.2, 0) is 17.1 Å². The van der Waals surface area contributed by atoms with E-state index in [1.165, 1.54) is 0 Å². The Morgan fingerprint density at radius 1 is 1.48 bits per heavy atom. The number of likely N-dealkylation sites (tertiary alicyclic amines) is 1. The van der Waals surface area contributed by atoms with Crippen molar-refractivity contribution in [2.45, 2.75) is 30.9 Å². The summed E-state index contributed by atoms with van der Waals surface area (Å²) in [6, 6.07) is 3.66. The number of nitrogens with zero attached hydrogens (tertiary/aromatic N) is 4. The standard InChI is InChI=1S/C15H18N4O3S/c1-23-9-11-2-3-14(22-11)15(20)18-5-4-13-12(7-18)19-10(8-21-13)6-16-17-19/h2-3,6,12-13H,4-5,7-9H2,1H3/t12-,13-/m0/s1. The van der Waals surface area contributed by atoms with E-state index in [2.05, 4.69) is 10.3 Å². The van der Waals surface area contributed by atoms with Crippen LogP contribution in [0.25, 0.3) is 0 Å². The molecule has 0 spiro atoms. The van der Waals surface area contributed by atoms with Gasteiger partial charge < -0.3 is 14.1 Å². The predicted molar refractivity (Wildman–Crippen MR) is 84.1 cm³/mol. The summed E-state index contributed by atoms with van der Waals surface area (Å²) in [6.07, 6.45) is 4.62. The van der Waals surface area contributed by atoms with Crippen molar-refractivity contribution in [1.29, 1.82) is 0 Å². The van der Waals surface area contributed by atoms with Crippen molar-refractivity contribution >= 4 is 17.7 Å². The van der Waals surface area contributed by atoms with Gasteiger partial charge in [0.25, 0.3) is 5.91 Å². The van der Waals surface area contributed by atoms with Crippen molar-refractivity contribution in [2.75, 3.05) is 19.3 Å². The van der Waals surface area contributed by atoms with E-state index in [9.17, 15) is 4.79 Å². The van der Waals surface area contributed by atoms with Gasteiger partial charge in [-0.1, -0.05) is 5.21 Å². The second-order valence-electron chi connectivity index (χ2n) is 5.83. The SMILES string of the molecule is CSCc1ccc(C(=O)N2CC[C@@H]3OCc4cnnn4[C@H]3C2)o1. The van der Waals surface area contributed by atoms with E-state index in [4.69, 9.17) is 9.15 Å². The Bertz CT molecular complexity index is 713. The lowest BCUT2D eigenvalue weighted by atomic mass is 10.00. The third-order valence-corrected chi connectivity index (χ3v) is 4.95. The van der Waals surface area contributed by atoms with Crippen LogP contribution in [0.2, 0.25) is 0 Å². The van der Waals surface area contributed by atoms with Gasteiger partial charge in [-0.25, -0.2) is 4.68 Å². The van der Waals surface area contributed by atoms with Crippen molar-refractivity contribution in [2.24, 2.45) is 0 Å². The first-order valence-electron chi connectivity index (χ1n) is 7.64. The van der Waals surface area contributed by atoms with Gasteiger partial charge >= 0.3 is 0 Å². The highest BCUT2D eigenvalue weighted by Crippen LogP contribution is 2.30. The summed E-state index contributed by atoms with van der Waals surface area (Å²) in [5.41, 5.74) is 0.959. The zero-order chi connectivity index (χ0) is 15.8. The van der Waals surface area contributed by atoms with E-state index in [1.54, 1.807) is 24.0 Å². The van der Waals surface area contributed by atoms with Crippen LogP contribution in [0, 0.1) is 0 Å². The number of carbonyl (C=O) groups excluding carboxylic acids is 1. The second-order valence-corrected chi connectivity index (χ2v) is 6.69. The maximum atomic E-state index is 12.7. The Balaban J connectivity index is 1.51. The summed E-state index contributed by atoms with van der Waals surface area (Å²) < 4.78 is 13.4. The van der Waals surface area contributed by atoms with Crippen LogP contribution in [-0.4, -0.2) is 51.3 Å². The molecular formula is C15H18N4O3S. The van der Waals surface area contributed by atoms with E-state index in [0.717, 1.165) is 23.6 Å². The number of thioether (sulfide) groups is 1. The number of rotatable bonds is 3. The summed E-state index contributed by atoms with van der Waals surface area (Å²) >= 11 is 1.67. The minimum atomic E-state index is -0.0666. The van der Waals surface area contributed by atoms with Gasteiger partial charge in [-0.15, -0.1) is 5.10 Å². The molecule has 122 valence electrons. The molecule has 2 aromatic rings. The number of hydrogen-bond acceptors (Lipinski definition) is 6. The number of amides is 1. The minimum Gasteiger partial charge on any atom is -0.455 e. The molecule has 2 aliphatic heterocycles. The number of fused-ring (bicyclic) bond motifs is 3. The number of piperidine rings is 1. The summed E-state index contributed by atoms with van der Waals surface area (Å²) in [7, 11) is 0. The van der Waals surface area contributed by atoms with Crippen LogP contribution in [0.4, 0.5) is 0 Å². The first-order chi connectivity index (χ1) is 11.3. The molecule has 1 fully saturated rings. The van der Waals surface area contributed by atoms with E-state index < -0.39 is 0 Å². The van der Waals surface area contributed by atoms with Gasteiger partial charge in [-0.05, 0) is 24.8 Å². The average molecular weight is 334 g/mol. The third-order valence-electron chi connectivity index (χ3n) is 4.37. The molecule has 0 bridgehead atoms. The monoisotopic (exact) mass is 334 g/mol. The average Bonchev–Trinajstić information content (AvgIpc) is 3.23. The maximum Gasteiger partial charge on any atom is 0.289 e. The molecule has 1 saturated heterocycles. The Hall–Kier alpha value is -1.80. The fourth-order valence-electron chi connectivity index (χ4n) is 3.23. The quantitative estimate of drug-likeness (QED) is 0.851. The van der Waals surface area contributed by atoms with E-state index in [1.807, 2.05) is 21.9 Å². The molecule has 23 heavy (non-hydrogen) atoms. The molecule has 0 N–H and O–H groups in total. The Morgan fingerprint density at radius 3 is 3.26 bits per heavy atom. The highest BCUT2D eigenvalue weighted by atomic mass is 32.2. The molecule has 2 aliphatic rings. The highest BCUT2D eigenvalue weighted by molar-refractivity contribution is 7.97. The lowest BCUT2D eigenvalue weighted by molar-refractivity contribution is -0.0608. The number of hydrogen-bond donors (Lipinski definition) is 0. The van der Waals surface area contributed by atoms with Crippen LogP contribution in [0.15, 0.2) is 22.7 Å². The molecule has 8 heteroatoms. The molecule has 0 aromatic carbocycles. The van der Waals surface area contributed by atoms with Gasteiger partial charge in [0.05, 0.1) is 36.4 Å². The molecule has 1 amide bonds. The third kappa shape index (κ3) is 2.66. The Kier molecular flexibility index (Phi) is 3.86. The van der Waals surface area contributed by atoms with Crippen LogP contribution >= 0.6 is 11.8 Å². The first kappa shape index (κ1) is 14.8. The fourth-order valence-corrected chi connectivity index (χ4v) is 3.67. The highest BCUT2D eigenvalue weighted by Gasteiger charge is 2.38. The van der Waals surface area contributed by atoms with E-state index in [0.29, 0.717) is 25.5 Å². The van der Waals surface area contributed by atoms with E-state index in [-0.39, 0.29) is 18.1 Å². The Labute approximate surface area is 138 Å². The molecule has 0 saturated carbocycles. The lowest BCUT2D eigenvalue weighted by Gasteiger charge is -2.40. The van der Waals surface area contributed by atoms with Crippen molar-refractivity contribution in [3.63, 3.8) is 0 Å². The van der Waals surface area contributed by atoms with Crippen molar-refractivity contribution in [3.05, 3.63) is 35.5 Å². The molecule has 7 nitrogen and oxygen atoms in total. The molecule has 0 aliphatic carbocycles. The summed E-state index contributed by atoms with van der Waals surface area (Å²) in [4.78, 5) is 14.5. The second kappa shape index (κ2) is 6.01. The first-order valence-corrected chi connectivity index (χ1v) is 9.03. The van der Waals surface area contributed by atoms with Gasteiger partial charge in [0.2, 0.25) is 0 Å². The lowest BCUT2D eigenvalue weighted by Crippen LogP contribution is -2.49. The minimum absolute atomic E-state index is 0.0274. The number of carbonyl (C=O) groups is 1. The smallest absolute Gasteiger partial charge is 0.289 e. The van der Waals surface area contributed by atoms with Crippen molar-refractivity contribution in [1.82, 2.24) is 19.9 Å². The van der Waals surface area contributed by atoms with Crippen molar-refractivity contribution < 1.29 is 13.9 Å². The largest absolute Gasteiger partial charge is 0.455 e. The maximum absolute atomic E-state index is 12.7. The van der Waals surface area contributed by atoms with Crippen LogP contribution in [0.3, 0.4) is 0 Å². The number of aromatic nitrogens is 3. The predicted octanol–water partition coefficient (Wildman–Crippen LogP) is 1.72. The molecule has 2 aromatic heterocycles. The summed E-state index contributed by atoms with van der Waals surface area (Å²) in [6.45, 7) is 1.78. The van der Waals surface area contributed by atoms with Crippen LogP contribution < -0.4 is 0 Å². The zero-order valence-corrected chi connectivity index (χ0v) is 13.7. The molecule has 4 heterocycles. The van der Waals surface area contributed by atoms with Gasteiger partial charge in [0.15, 0.2) is 5.76 Å². The van der Waals surface area contributed by atoms with E-state index >= 15 is 0 Å². The summed E-state index contributed by atoms with van der Waals surface area (Å²) in [5.74, 6) is 1.94. The normalized spacial score (nSPS) is 23.4.